The van der Waals surface area contributed by atoms with Crippen LogP contribution in [0.3, 0.4) is 0 Å². The Hall–Kier alpha value is -1.17. The number of carbonyl (C=O) groups excluding carboxylic acids is 1. The maximum atomic E-state index is 11.7. The lowest BCUT2D eigenvalue weighted by Gasteiger charge is -2.25. The molecular weight excluding hydrogens is 324 g/mol. The predicted molar refractivity (Wildman–Crippen MR) is 81.9 cm³/mol. The summed E-state index contributed by atoms with van der Waals surface area (Å²) < 4.78 is 0.945. The molecule has 0 bridgehead atoms. The number of rotatable bonds is 5. The summed E-state index contributed by atoms with van der Waals surface area (Å²) in [4.78, 5) is 13.7. The molecule has 1 aromatic heterocycles. The van der Waals surface area contributed by atoms with Gasteiger partial charge in [-0.15, -0.1) is 0 Å². The summed E-state index contributed by atoms with van der Waals surface area (Å²) >= 11 is 5.07. The summed E-state index contributed by atoms with van der Waals surface area (Å²) in [6, 6.07) is 9.33. The molecule has 1 atom stereocenters. The van der Waals surface area contributed by atoms with Gasteiger partial charge in [-0.3, -0.25) is 9.69 Å². The third-order valence-electron chi connectivity index (χ3n) is 2.89. The molecule has 0 aliphatic carbocycles. The Bertz CT molecular complexity index is 556. The third kappa shape index (κ3) is 3.65. The van der Waals surface area contributed by atoms with Crippen molar-refractivity contribution in [3.63, 3.8) is 0 Å². The number of amides is 1. The van der Waals surface area contributed by atoms with Crippen LogP contribution in [0.2, 0.25) is 0 Å². The van der Waals surface area contributed by atoms with Gasteiger partial charge in [0.2, 0.25) is 5.91 Å². The lowest BCUT2D eigenvalue weighted by atomic mass is 10.0. The van der Waals surface area contributed by atoms with Crippen LogP contribution in [0, 0.1) is 0 Å². The van der Waals surface area contributed by atoms with E-state index in [9.17, 15) is 4.79 Å². The molecule has 1 unspecified atom stereocenters. The smallest absolute Gasteiger partial charge is 0.239 e. The van der Waals surface area contributed by atoms with Crippen molar-refractivity contribution < 1.29 is 4.79 Å². The van der Waals surface area contributed by atoms with E-state index in [-0.39, 0.29) is 5.91 Å². The van der Waals surface area contributed by atoms with Crippen molar-refractivity contribution >= 4 is 33.2 Å². The van der Waals surface area contributed by atoms with Gasteiger partial charge >= 0.3 is 0 Å². The fraction of sp³-hybridized carbons (Fsp3) is 0.214. The monoisotopic (exact) mass is 338 g/mol. The van der Waals surface area contributed by atoms with Gasteiger partial charge < -0.3 is 5.73 Å². The van der Waals surface area contributed by atoms with Crippen LogP contribution in [-0.4, -0.2) is 17.9 Å². The topological polar surface area (TPSA) is 46.3 Å². The maximum Gasteiger partial charge on any atom is 0.239 e. The molecule has 0 saturated heterocycles. The molecule has 2 N–H and O–H groups in total. The van der Waals surface area contributed by atoms with E-state index < -0.39 is 6.04 Å². The number of nitrogens with zero attached hydrogens (tertiary/aromatic N) is 1. The van der Waals surface area contributed by atoms with Gasteiger partial charge in [0, 0.05) is 11.0 Å². The van der Waals surface area contributed by atoms with E-state index in [2.05, 4.69) is 27.4 Å². The number of primary amides is 1. The molecule has 5 heteroatoms. The van der Waals surface area contributed by atoms with Crippen LogP contribution >= 0.6 is 27.3 Å². The Kier molecular flexibility index (Phi) is 4.74. The largest absolute Gasteiger partial charge is 0.368 e. The maximum absolute atomic E-state index is 11.7. The molecule has 19 heavy (non-hydrogen) atoms. The van der Waals surface area contributed by atoms with Crippen molar-refractivity contribution in [2.75, 3.05) is 7.05 Å². The molecular formula is C14H15BrN2OS. The van der Waals surface area contributed by atoms with Crippen molar-refractivity contribution in [3.8, 4) is 0 Å². The average Bonchev–Trinajstić information content (AvgIpc) is 2.81. The number of likely N-dealkylation sites (N-methyl/N-ethyl adjacent to an activating group) is 1. The van der Waals surface area contributed by atoms with E-state index in [1.807, 2.05) is 41.6 Å². The fourth-order valence-corrected chi connectivity index (χ4v) is 3.15. The van der Waals surface area contributed by atoms with E-state index in [0.29, 0.717) is 6.54 Å². The normalized spacial score (nSPS) is 12.6. The van der Waals surface area contributed by atoms with Crippen LogP contribution in [0.4, 0.5) is 0 Å². The van der Waals surface area contributed by atoms with Gasteiger partial charge in [-0.2, -0.15) is 11.3 Å². The standard InChI is InChI=1S/C14H15BrN2OS/c1-17(8-10-5-6-19-9-10)13(14(16)18)11-3-2-4-12(15)7-11/h2-7,9,13H,8H2,1H3,(H2,16,18). The summed E-state index contributed by atoms with van der Waals surface area (Å²) in [6.07, 6.45) is 0. The highest BCUT2D eigenvalue weighted by Gasteiger charge is 2.23. The van der Waals surface area contributed by atoms with Gasteiger partial charge in [0.25, 0.3) is 0 Å². The molecule has 0 fully saturated rings. The van der Waals surface area contributed by atoms with Gasteiger partial charge in [0.15, 0.2) is 0 Å². The second kappa shape index (κ2) is 6.32. The highest BCUT2D eigenvalue weighted by Crippen LogP contribution is 2.24. The van der Waals surface area contributed by atoms with Crippen LogP contribution < -0.4 is 5.73 Å². The first kappa shape index (κ1) is 14.2. The van der Waals surface area contributed by atoms with Gasteiger partial charge in [-0.1, -0.05) is 28.1 Å². The van der Waals surface area contributed by atoms with Crippen LogP contribution in [0.1, 0.15) is 17.2 Å². The van der Waals surface area contributed by atoms with Gasteiger partial charge in [0.05, 0.1) is 0 Å². The SMILES string of the molecule is CN(Cc1ccsc1)C(C(N)=O)c1cccc(Br)c1. The number of benzene rings is 1. The van der Waals surface area contributed by atoms with Gasteiger partial charge in [-0.25, -0.2) is 0 Å². The first-order valence-corrected chi connectivity index (χ1v) is 7.57. The Morgan fingerprint density at radius 1 is 1.47 bits per heavy atom. The van der Waals surface area contributed by atoms with E-state index in [1.165, 1.54) is 5.56 Å². The molecule has 0 aliphatic heterocycles. The summed E-state index contributed by atoms with van der Waals surface area (Å²) in [5, 5.41) is 4.11. The van der Waals surface area contributed by atoms with Crippen molar-refractivity contribution in [2.45, 2.75) is 12.6 Å². The minimum atomic E-state index is -0.419. The van der Waals surface area contributed by atoms with Crippen molar-refractivity contribution in [3.05, 3.63) is 56.7 Å². The van der Waals surface area contributed by atoms with Crippen LogP contribution in [0.15, 0.2) is 45.6 Å². The number of hydrogen-bond acceptors (Lipinski definition) is 3. The third-order valence-corrected chi connectivity index (χ3v) is 4.11. The minimum absolute atomic E-state index is 0.337. The number of thiophene rings is 1. The molecule has 1 amide bonds. The van der Waals surface area contributed by atoms with E-state index in [0.717, 1.165) is 10.0 Å². The van der Waals surface area contributed by atoms with Crippen LogP contribution in [0.25, 0.3) is 0 Å². The fourth-order valence-electron chi connectivity index (χ4n) is 2.07. The zero-order chi connectivity index (χ0) is 13.8. The first-order valence-electron chi connectivity index (χ1n) is 5.84. The molecule has 2 rings (SSSR count). The molecule has 0 spiro atoms. The number of carbonyl (C=O) groups is 1. The summed E-state index contributed by atoms with van der Waals surface area (Å²) in [7, 11) is 1.91. The molecule has 1 aromatic carbocycles. The summed E-state index contributed by atoms with van der Waals surface area (Å²) in [5.74, 6) is -0.337. The zero-order valence-corrected chi connectivity index (χ0v) is 12.9. The Labute approximate surface area is 125 Å². The lowest BCUT2D eigenvalue weighted by molar-refractivity contribution is -0.123. The predicted octanol–water partition coefficient (Wildman–Crippen LogP) is 3.17. The first-order chi connectivity index (χ1) is 9.08. The zero-order valence-electron chi connectivity index (χ0n) is 10.5. The average molecular weight is 339 g/mol. The number of nitrogens with two attached hydrogens (primary N) is 1. The number of hydrogen-bond donors (Lipinski definition) is 1. The highest BCUT2D eigenvalue weighted by molar-refractivity contribution is 9.10. The molecule has 2 aromatic rings. The Balaban J connectivity index is 2.22. The van der Waals surface area contributed by atoms with Gasteiger partial charge in [0.1, 0.15) is 6.04 Å². The Morgan fingerprint density at radius 3 is 2.84 bits per heavy atom. The van der Waals surface area contributed by atoms with E-state index in [1.54, 1.807) is 11.3 Å². The van der Waals surface area contributed by atoms with E-state index >= 15 is 0 Å². The molecule has 0 saturated carbocycles. The molecule has 3 nitrogen and oxygen atoms in total. The van der Waals surface area contributed by atoms with Crippen molar-refractivity contribution in [1.82, 2.24) is 4.90 Å². The molecule has 0 aliphatic rings. The van der Waals surface area contributed by atoms with Crippen LogP contribution in [-0.2, 0) is 11.3 Å². The summed E-state index contributed by atoms with van der Waals surface area (Å²) in [6.45, 7) is 0.698. The molecule has 100 valence electrons. The minimum Gasteiger partial charge on any atom is -0.368 e. The second-order valence-electron chi connectivity index (χ2n) is 4.41. The molecule has 0 radical (unpaired) electrons. The van der Waals surface area contributed by atoms with Crippen molar-refractivity contribution in [2.24, 2.45) is 5.73 Å². The highest BCUT2D eigenvalue weighted by atomic mass is 79.9. The summed E-state index contributed by atoms with van der Waals surface area (Å²) in [5.41, 5.74) is 7.65. The van der Waals surface area contributed by atoms with E-state index in [4.69, 9.17) is 5.73 Å². The van der Waals surface area contributed by atoms with Crippen LogP contribution in [0.5, 0.6) is 0 Å². The number of halogens is 1. The van der Waals surface area contributed by atoms with Crippen molar-refractivity contribution in [1.29, 1.82) is 0 Å². The lowest BCUT2D eigenvalue weighted by Crippen LogP contribution is -2.34. The molecule has 1 heterocycles. The quantitative estimate of drug-likeness (QED) is 0.910. The second-order valence-corrected chi connectivity index (χ2v) is 6.10. The van der Waals surface area contributed by atoms with Gasteiger partial charge in [-0.05, 0) is 47.1 Å². The Morgan fingerprint density at radius 2 is 2.26 bits per heavy atom.